The first-order chi connectivity index (χ1) is 19.0. The van der Waals surface area contributed by atoms with Crippen LogP contribution in [0.5, 0.6) is 11.5 Å². The summed E-state index contributed by atoms with van der Waals surface area (Å²) in [6.07, 6.45) is 3.54. The smallest absolute Gasteiger partial charge is 0.295 e. The highest BCUT2D eigenvalue weighted by Gasteiger charge is 2.45. The van der Waals surface area contributed by atoms with Crippen molar-refractivity contribution in [2.75, 3.05) is 52.6 Å². The number of carbonyl (C=O) groups excluding carboxylic acids is 2. The Hall–Kier alpha value is -3.36. The van der Waals surface area contributed by atoms with E-state index in [-0.39, 0.29) is 11.3 Å². The van der Waals surface area contributed by atoms with E-state index in [9.17, 15) is 14.7 Å². The number of hydrogen-bond donors (Lipinski definition) is 1. The molecule has 2 aliphatic rings. The number of Topliss-reactive ketones (excluding diaryl/α,β-unsaturated/α-hetero) is 1. The molecule has 8 nitrogen and oxygen atoms in total. The lowest BCUT2D eigenvalue weighted by atomic mass is 9.95. The Kier molecular flexibility index (Phi) is 10.4. The summed E-state index contributed by atoms with van der Waals surface area (Å²) in [6.45, 7) is 9.65. The molecule has 0 saturated carbocycles. The van der Waals surface area contributed by atoms with Crippen molar-refractivity contribution >= 4 is 17.4 Å². The lowest BCUT2D eigenvalue weighted by Crippen LogP contribution is -2.38. The number of ketones is 1. The summed E-state index contributed by atoms with van der Waals surface area (Å²) in [7, 11) is 0. The molecule has 1 atom stereocenters. The van der Waals surface area contributed by atoms with E-state index in [1.165, 1.54) is 0 Å². The SMILES string of the molecule is CCCCOc1cccc(C(O)=C2C(=O)C(=O)N(CCCN3CCOCC3)C2c2ccc(OCCC)cc2)c1. The highest BCUT2D eigenvalue weighted by atomic mass is 16.5. The van der Waals surface area contributed by atoms with Crippen LogP contribution in [0, 0.1) is 0 Å². The quantitative estimate of drug-likeness (QED) is 0.170. The third-order valence-electron chi connectivity index (χ3n) is 7.06. The molecular formula is C31H40N2O6. The van der Waals surface area contributed by atoms with E-state index in [4.69, 9.17) is 14.2 Å². The van der Waals surface area contributed by atoms with Gasteiger partial charge in [0.2, 0.25) is 0 Å². The molecule has 0 spiro atoms. The first-order valence-corrected chi connectivity index (χ1v) is 14.1. The zero-order valence-electron chi connectivity index (χ0n) is 23.1. The van der Waals surface area contributed by atoms with E-state index in [2.05, 4.69) is 11.8 Å². The fraction of sp³-hybridized carbons (Fsp3) is 0.484. The first kappa shape index (κ1) is 28.6. The molecule has 4 rings (SSSR count). The molecule has 2 saturated heterocycles. The molecule has 0 aromatic heterocycles. The number of nitrogens with zero attached hydrogens (tertiary/aromatic N) is 2. The van der Waals surface area contributed by atoms with Gasteiger partial charge in [-0.05, 0) is 49.1 Å². The van der Waals surface area contributed by atoms with E-state index in [0.29, 0.717) is 50.7 Å². The van der Waals surface area contributed by atoms with Gasteiger partial charge in [-0.2, -0.15) is 0 Å². The third kappa shape index (κ3) is 7.19. The predicted molar refractivity (Wildman–Crippen MR) is 150 cm³/mol. The number of likely N-dealkylation sites (tertiary alicyclic amines) is 1. The van der Waals surface area contributed by atoms with Crippen LogP contribution in [-0.4, -0.2) is 79.2 Å². The number of hydrogen-bond acceptors (Lipinski definition) is 7. The van der Waals surface area contributed by atoms with Gasteiger partial charge in [0.25, 0.3) is 11.7 Å². The lowest BCUT2D eigenvalue weighted by molar-refractivity contribution is -0.140. The molecular weight excluding hydrogens is 496 g/mol. The number of aliphatic hydroxyl groups excluding tert-OH is 1. The van der Waals surface area contributed by atoms with Crippen molar-refractivity contribution in [1.29, 1.82) is 0 Å². The van der Waals surface area contributed by atoms with E-state index in [0.717, 1.165) is 50.2 Å². The van der Waals surface area contributed by atoms with Crippen molar-refractivity contribution in [2.24, 2.45) is 0 Å². The third-order valence-corrected chi connectivity index (χ3v) is 7.06. The van der Waals surface area contributed by atoms with Gasteiger partial charge in [-0.3, -0.25) is 14.5 Å². The maximum atomic E-state index is 13.4. The molecule has 1 N–H and O–H groups in total. The molecule has 0 radical (unpaired) electrons. The Morgan fingerprint density at radius 3 is 2.38 bits per heavy atom. The van der Waals surface area contributed by atoms with Crippen LogP contribution >= 0.6 is 0 Å². The summed E-state index contributed by atoms with van der Waals surface area (Å²) in [5, 5.41) is 11.4. The van der Waals surface area contributed by atoms with Gasteiger partial charge in [-0.25, -0.2) is 0 Å². The fourth-order valence-corrected chi connectivity index (χ4v) is 4.94. The Morgan fingerprint density at radius 2 is 1.67 bits per heavy atom. The molecule has 2 aromatic rings. The molecule has 39 heavy (non-hydrogen) atoms. The van der Waals surface area contributed by atoms with Gasteiger partial charge in [-0.1, -0.05) is 44.5 Å². The Bertz CT molecular complexity index is 1140. The molecule has 2 aliphatic heterocycles. The molecule has 8 heteroatoms. The number of ether oxygens (including phenoxy) is 3. The molecule has 0 aliphatic carbocycles. The number of unbranched alkanes of at least 4 members (excludes halogenated alkanes) is 1. The molecule has 0 bridgehead atoms. The van der Waals surface area contributed by atoms with Crippen LogP contribution in [0.3, 0.4) is 0 Å². The van der Waals surface area contributed by atoms with Gasteiger partial charge in [0, 0.05) is 31.7 Å². The summed E-state index contributed by atoms with van der Waals surface area (Å²) in [5.41, 5.74) is 1.30. The van der Waals surface area contributed by atoms with Crippen LogP contribution in [0.2, 0.25) is 0 Å². The fourth-order valence-electron chi connectivity index (χ4n) is 4.94. The van der Waals surface area contributed by atoms with Gasteiger partial charge in [0.15, 0.2) is 0 Å². The average Bonchev–Trinajstić information content (AvgIpc) is 3.22. The number of rotatable bonds is 13. The largest absolute Gasteiger partial charge is 0.507 e. The lowest BCUT2D eigenvalue weighted by Gasteiger charge is -2.29. The molecule has 1 unspecified atom stereocenters. The second kappa shape index (κ2) is 14.1. The molecule has 210 valence electrons. The highest BCUT2D eigenvalue weighted by molar-refractivity contribution is 6.46. The Balaban J connectivity index is 1.64. The van der Waals surface area contributed by atoms with Crippen LogP contribution in [-0.2, 0) is 14.3 Å². The Labute approximate surface area is 231 Å². The second-order valence-electron chi connectivity index (χ2n) is 9.95. The summed E-state index contributed by atoms with van der Waals surface area (Å²) in [5.74, 6) is -0.123. The van der Waals surface area contributed by atoms with Gasteiger partial charge < -0.3 is 24.2 Å². The topological polar surface area (TPSA) is 88.5 Å². The first-order valence-electron chi connectivity index (χ1n) is 14.1. The summed E-state index contributed by atoms with van der Waals surface area (Å²) in [4.78, 5) is 30.6. The van der Waals surface area contributed by atoms with Gasteiger partial charge >= 0.3 is 0 Å². The van der Waals surface area contributed by atoms with Crippen molar-refractivity contribution in [3.05, 3.63) is 65.2 Å². The van der Waals surface area contributed by atoms with Crippen molar-refractivity contribution in [1.82, 2.24) is 9.80 Å². The van der Waals surface area contributed by atoms with Crippen LogP contribution in [0.15, 0.2) is 54.1 Å². The zero-order chi connectivity index (χ0) is 27.6. The van der Waals surface area contributed by atoms with Crippen LogP contribution in [0.4, 0.5) is 0 Å². The minimum Gasteiger partial charge on any atom is -0.507 e. The summed E-state index contributed by atoms with van der Waals surface area (Å²) < 4.78 is 17.0. The average molecular weight is 537 g/mol. The number of amides is 1. The maximum absolute atomic E-state index is 13.4. The molecule has 2 aromatic carbocycles. The van der Waals surface area contributed by atoms with Gasteiger partial charge in [0.05, 0.1) is 38.0 Å². The van der Waals surface area contributed by atoms with E-state index < -0.39 is 17.7 Å². The van der Waals surface area contributed by atoms with Crippen LogP contribution in [0.1, 0.15) is 56.7 Å². The van der Waals surface area contributed by atoms with Crippen LogP contribution in [0.25, 0.3) is 5.76 Å². The number of benzene rings is 2. The minimum atomic E-state index is -0.695. The molecule has 1 amide bonds. The van der Waals surface area contributed by atoms with E-state index in [1.807, 2.05) is 37.3 Å². The predicted octanol–water partition coefficient (Wildman–Crippen LogP) is 4.80. The van der Waals surface area contributed by atoms with Crippen molar-refractivity contribution < 1.29 is 28.9 Å². The zero-order valence-corrected chi connectivity index (χ0v) is 23.1. The number of carbonyl (C=O) groups is 2. The maximum Gasteiger partial charge on any atom is 0.295 e. The van der Waals surface area contributed by atoms with Crippen molar-refractivity contribution in [3.8, 4) is 11.5 Å². The van der Waals surface area contributed by atoms with Crippen LogP contribution < -0.4 is 9.47 Å². The second-order valence-corrected chi connectivity index (χ2v) is 9.95. The summed E-state index contributed by atoms with van der Waals surface area (Å²) in [6, 6.07) is 13.8. The number of aliphatic hydroxyl groups is 1. The van der Waals surface area contributed by atoms with Crippen molar-refractivity contribution in [3.63, 3.8) is 0 Å². The minimum absolute atomic E-state index is 0.0966. The normalized spacial score (nSPS) is 19.4. The standard InChI is InChI=1S/C31H40N2O6/c1-3-5-19-39-26-9-6-8-24(22-26)29(34)27-28(23-10-12-25(13-11-23)38-18-4-2)33(31(36)30(27)35)15-7-14-32-16-20-37-21-17-32/h6,8-13,22,28,34H,3-5,7,14-21H2,1-2H3. The Morgan fingerprint density at radius 1 is 0.923 bits per heavy atom. The molecule has 2 fully saturated rings. The highest BCUT2D eigenvalue weighted by Crippen LogP contribution is 2.40. The number of morpholine rings is 1. The summed E-state index contributed by atoms with van der Waals surface area (Å²) >= 11 is 0. The monoisotopic (exact) mass is 536 g/mol. The van der Waals surface area contributed by atoms with E-state index >= 15 is 0 Å². The van der Waals surface area contributed by atoms with Gasteiger partial charge in [-0.15, -0.1) is 0 Å². The van der Waals surface area contributed by atoms with Crippen molar-refractivity contribution in [2.45, 2.75) is 45.6 Å². The van der Waals surface area contributed by atoms with E-state index in [1.54, 1.807) is 23.1 Å². The molecule has 2 heterocycles. The van der Waals surface area contributed by atoms with Gasteiger partial charge in [0.1, 0.15) is 17.3 Å².